The van der Waals surface area contributed by atoms with Gasteiger partial charge < -0.3 is 4.90 Å². The van der Waals surface area contributed by atoms with Crippen LogP contribution in [-0.4, -0.2) is 43.0 Å². The van der Waals surface area contributed by atoms with Gasteiger partial charge in [-0.1, -0.05) is 13.8 Å². The van der Waals surface area contributed by atoms with Crippen LogP contribution in [0.1, 0.15) is 32.0 Å². The van der Waals surface area contributed by atoms with Crippen molar-refractivity contribution in [3.05, 3.63) is 16.5 Å². The maximum atomic E-state index is 11.6. The maximum Gasteiger partial charge on any atom is 0.152 e. The molecule has 1 aliphatic heterocycles. The van der Waals surface area contributed by atoms with Gasteiger partial charge in [0.2, 0.25) is 0 Å². The minimum atomic E-state index is -2.88. The highest BCUT2D eigenvalue weighted by molar-refractivity contribution is 9.10. The van der Waals surface area contributed by atoms with Crippen molar-refractivity contribution in [1.82, 2.24) is 9.97 Å². The Bertz CT molecular complexity index is 574. The smallest absolute Gasteiger partial charge is 0.152 e. The molecule has 7 heteroatoms. The molecule has 2 heterocycles. The van der Waals surface area contributed by atoms with E-state index in [0.29, 0.717) is 6.42 Å². The standard InChI is InChI=1S/C12H18BrN3O2S/c1-8(2)12-14-10(13)6-11(15-12)16(3)9-4-5-19(17,18)7-9/h6,8-9H,4-5,7H2,1-3H3. The topological polar surface area (TPSA) is 63.2 Å². The van der Waals surface area contributed by atoms with Crippen molar-refractivity contribution in [2.75, 3.05) is 23.5 Å². The van der Waals surface area contributed by atoms with Crippen molar-refractivity contribution in [2.24, 2.45) is 0 Å². The molecule has 19 heavy (non-hydrogen) atoms. The van der Waals surface area contributed by atoms with E-state index in [2.05, 4.69) is 25.9 Å². The predicted octanol–water partition coefficient (Wildman–Crippen LogP) is 1.99. The van der Waals surface area contributed by atoms with E-state index in [9.17, 15) is 8.42 Å². The average molecular weight is 348 g/mol. The van der Waals surface area contributed by atoms with Gasteiger partial charge in [-0.05, 0) is 22.4 Å². The lowest BCUT2D eigenvalue weighted by Gasteiger charge is -2.25. The van der Waals surface area contributed by atoms with Crippen molar-refractivity contribution < 1.29 is 8.42 Å². The minimum Gasteiger partial charge on any atom is -0.355 e. The van der Waals surface area contributed by atoms with Crippen molar-refractivity contribution in [3.63, 3.8) is 0 Å². The first-order chi connectivity index (χ1) is 8.78. The van der Waals surface area contributed by atoms with Gasteiger partial charge in [0.25, 0.3) is 0 Å². The molecule has 1 fully saturated rings. The molecule has 0 aromatic carbocycles. The highest BCUT2D eigenvalue weighted by Crippen LogP contribution is 2.24. The Balaban J connectivity index is 2.26. The Morgan fingerprint density at radius 1 is 1.42 bits per heavy atom. The van der Waals surface area contributed by atoms with Crippen LogP contribution in [0.3, 0.4) is 0 Å². The van der Waals surface area contributed by atoms with E-state index in [4.69, 9.17) is 0 Å². The van der Waals surface area contributed by atoms with Crippen LogP contribution in [-0.2, 0) is 9.84 Å². The summed E-state index contributed by atoms with van der Waals surface area (Å²) in [5, 5.41) is 0. The third-order valence-corrected chi connectivity index (χ3v) is 5.49. The fourth-order valence-electron chi connectivity index (χ4n) is 2.13. The molecule has 1 aromatic heterocycles. The summed E-state index contributed by atoms with van der Waals surface area (Å²) >= 11 is 3.38. The number of anilines is 1. The summed E-state index contributed by atoms with van der Waals surface area (Å²) < 4.78 is 23.8. The van der Waals surface area contributed by atoms with Gasteiger partial charge >= 0.3 is 0 Å². The van der Waals surface area contributed by atoms with E-state index in [0.717, 1.165) is 16.2 Å². The average Bonchev–Trinajstić information content (AvgIpc) is 2.68. The summed E-state index contributed by atoms with van der Waals surface area (Å²) in [6, 6.07) is 1.84. The molecule has 2 rings (SSSR count). The molecule has 0 saturated carbocycles. The Labute approximate surface area is 122 Å². The number of sulfone groups is 1. The summed E-state index contributed by atoms with van der Waals surface area (Å²) in [7, 11) is -0.989. The normalized spacial score (nSPS) is 21.8. The molecule has 5 nitrogen and oxygen atoms in total. The lowest BCUT2D eigenvalue weighted by Crippen LogP contribution is -2.33. The van der Waals surface area contributed by atoms with Crippen molar-refractivity contribution >= 4 is 31.6 Å². The number of hydrogen-bond acceptors (Lipinski definition) is 5. The van der Waals surface area contributed by atoms with Crippen LogP contribution in [0.5, 0.6) is 0 Å². The van der Waals surface area contributed by atoms with Crippen LogP contribution >= 0.6 is 15.9 Å². The highest BCUT2D eigenvalue weighted by Gasteiger charge is 2.31. The van der Waals surface area contributed by atoms with Crippen LogP contribution in [0.15, 0.2) is 10.7 Å². The van der Waals surface area contributed by atoms with Crippen molar-refractivity contribution in [1.29, 1.82) is 0 Å². The molecule has 1 aromatic rings. The quantitative estimate of drug-likeness (QED) is 0.782. The molecule has 0 aliphatic carbocycles. The molecule has 0 bridgehead atoms. The number of rotatable bonds is 3. The molecule has 1 saturated heterocycles. The number of aromatic nitrogens is 2. The number of hydrogen-bond donors (Lipinski definition) is 0. The van der Waals surface area contributed by atoms with Crippen LogP contribution in [0.4, 0.5) is 5.82 Å². The molecular weight excluding hydrogens is 330 g/mol. The molecule has 0 amide bonds. The summed E-state index contributed by atoms with van der Waals surface area (Å²) in [5.74, 6) is 2.25. The van der Waals surface area contributed by atoms with E-state index in [-0.39, 0.29) is 23.5 Å². The Morgan fingerprint density at radius 2 is 2.11 bits per heavy atom. The van der Waals surface area contributed by atoms with E-state index in [1.807, 2.05) is 31.9 Å². The van der Waals surface area contributed by atoms with Gasteiger partial charge in [0, 0.05) is 25.1 Å². The number of nitrogens with zero attached hydrogens (tertiary/aromatic N) is 3. The van der Waals surface area contributed by atoms with E-state index in [1.54, 1.807) is 0 Å². The summed E-state index contributed by atoms with van der Waals surface area (Å²) in [4.78, 5) is 10.8. The molecule has 0 N–H and O–H groups in total. The zero-order valence-electron chi connectivity index (χ0n) is 11.3. The van der Waals surface area contributed by atoms with Gasteiger partial charge in [0.15, 0.2) is 9.84 Å². The van der Waals surface area contributed by atoms with Gasteiger partial charge in [-0.3, -0.25) is 0 Å². The van der Waals surface area contributed by atoms with Gasteiger partial charge in [-0.2, -0.15) is 0 Å². The van der Waals surface area contributed by atoms with Crippen LogP contribution in [0, 0.1) is 0 Å². The molecule has 0 radical (unpaired) electrons. The van der Waals surface area contributed by atoms with Gasteiger partial charge in [-0.25, -0.2) is 18.4 Å². The second-order valence-corrected chi connectivity index (χ2v) is 8.27. The fourth-order valence-corrected chi connectivity index (χ4v) is 4.29. The summed E-state index contributed by atoms with van der Waals surface area (Å²) in [6.45, 7) is 4.07. The monoisotopic (exact) mass is 347 g/mol. The summed E-state index contributed by atoms with van der Waals surface area (Å²) in [6.07, 6.45) is 0.664. The van der Waals surface area contributed by atoms with Crippen LogP contribution in [0.25, 0.3) is 0 Å². The molecule has 1 unspecified atom stereocenters. The van der Waals surface area contributed by atoms with E-state index < -0.39 is 9.84 Å². The first-order valence-corrected chi connectivity index (χ1v) is 8.87. The van der Waals surface area contributed by atoms with Gasteiger partial charge in [-0.15, -0.1) is 0 Å². The third-order valence-electron chi connectivity index (χ3n) is 3.33. The summed E-state index contributed by atoms with van der Waals surface area (Å²) in [5.41, 5.74) is 0. The number of halogens is 1. The first kappa shape index (κ1) is 14.7. The molecule has 0 spiro atoms. The molecule has 1 atom stereocenters. The molecule has 1 aliphatic rings. The maximum absolute atomic E-state index is 11.6. The van der Waals surface area contributed by atoms with Gasteiger partial charge in [0.1, 0.15) is 16.2 Å². The largest absolute Gasteiger partial charge is 0.355 e. The van der Waals surface area contributed by atoms with Crippen LogP contribution < -0.4 is 4.90 Å². The first-order valence-electron chi connectivity index (χ1n) is 6.26. The Kier molecular flexibility index (Phi) is 4.15. The van der Waals surface area contributed by atoms with Crippen LogP contribution in [0.2, 0.25) is 0 Å². The Hall–Kier alpha value is -0.690. The second kappa shape index (κ2) is 5.36. The lowest BCUT2D eigenvalue weighted by molar-refractivity contribution is 0.600. The third kappa shape index (κ3) is 3.45. The zero-order valence-corrected chi connectivity index (χ0v) is 13.7. The molecular formula is C12H18BrN3O2S. The van der Waals surface area contributed by atoms with Gasteiger partial charge in [0.05, 0.1) is 11.5 Å². The minimum absolute atomic E-state index is 0.00631. The highest BCUT2D eigenvalue weighted by atomic mass is 79.9. The van der Waals surface area contributed by atoms with Crippen molar-refractivity contribution in [3.8, 4) is 0 Å². The Morgan fingerprint density at radius 3 is 2.63 bits per heavy atom. The van der Waals surface area contributed by atoms with E-state index in [1.165, 1.54) is 0 Å². The van der Waals surface area contributed by atoms with E-state index >= 15 is 0 Å². The predicted molar refractivity (Wildman–Crippen MR) is 79.3 cm³/mol. The SMILES string of the molecule is CC(C)c1nc(Br)cc(N(C)C2CCS(=O)(=O)C2)n1. The zero-order chi connectivity index (χ0) is 14.2. The molecule has 106 valence electrons. The fraction of sp³-hybridized carbons (Fsp3) is 0.667. The lowest BCUT2D eigenvalue weighted by atomic mass is 10.2. The second-order valence-electron chi connectivity index (χ2n) is 5.23. The van der Waals surface area contributed by atoms with Crippen molar-refractivity contribution in [2.45, 2.75) is 32.2 Å².